The minimum Gasteiger partial charge on any atom is -0.478 e. The fourth-order valence-corrected chi connectivity index (χ4v) is 2.58. The Hall–Kier alpha value is -3.48. The number of hydrogen-bond acceptors (Lipinski definition) is 4. The molecule has 7 heteroatoms. The number of rotatable bonds is 6. The van der Waals surface area contributed by atoms with Gasteiger partial charge in [-0.15, -0.1) is 0 Å². The van der Waals surface area contributed by atoms with Crippen LogP contribution in [0.1, 0.15) is 59.5 Å². The van der Waals surface area contributed by atoms with Gasteiger partial charge in [0.05, 0.1) is 16.7 Å². The molecule has 2 aromatic rings. The summed E-state index contributed by atoms with van der Waals surface area (Å²) >= 11 is 0. The highest BCUT2D eigenvalue weighted by Gasteiger charge is 2.21. The SMILES string of the molecule is CC(=O)c1cc(Cc2cccc(C(=O)O)c2C(=O)O)ccc1C(=O)O. The molecule has 0 amide bonds. The molecule has 0 heterocycles. The van der Waals surface area contributed by atoms with Crippen molar-refractivity contribution in [3.8, 4) is 0 Å². The van der Waals surface area contributed by atoms with Gasteiger partial charge in [0.1, 0.15) is 0 Å². The lowest BCUT2D eigenvalue weighted by Crippen LogP contribution is -2.12. The van der Waals surface area contributed by atoms with E-state index in [1.165, 1.54) is 43.3 Å². The number of carboxylic acids is 3. The molecular weight excluding hydrogens is 328 g/mol. The number of carbonyl (C=O) groups is 4. The molecule has 0 spiro atoms. The van der Waals surface area contributed by atoms with Crippen LogP contribution in [0.2, 0.25) is 0 Å². The Bertz CT molecular complexity index is 896. The first-order valence-corrected chi connectivity index (χ1v) is 7.18. The highest BCUT2D eigenvalue weighted by Crippen LogP contribution is 2.21. The molecule has 7 nitrogen and oxygen atoms in total. The lowest BCUT2D eigenvalue weighted by Gasteiger charge is -2.11. The summed E-state index contributed by atoms with van der Waals surface area (Å²) in [5.41, 5.74) is -0.0453. The van der Waals surface area contributed by atoms with Gasteiger partial charge in [0, 0.05) is 5.56 Å². The van der Waals surface area contributed by atoms with E-state index in [0.717, 1.165) is 0 Å². The summed E-state index contributed by atoms with van der Waals surface area (Å²) in [6.07, 6.45) is 0.0446. The smallest absolute Gasteiger partial charge is 0.336 e. The van der Waals surface area contributed by atoms with Gasteiger partial charge in [-0.2, -0.15) is 0 Å². The highest BCUT2D eigenvalue weighted by molar-refractivity contribution is 6.05. The van der Waals surface area contributed by atoms with Crippen molar-refractivity contribution < 1.29 is 34.5 Å². The molecule has 2 aromatic carbocycles. The van der Waals surface area contributed by atoms with Gasteiger partial charge in [-0.1, -0.05) is 18.2 Å². The summed E-state index contributed by atoms with van der Waals surface area (Å²) in [5.74, 6) is -4.40. The Kier molecular flexibility index (Phi) is 4.97. The molecule has 0 atom stereocenters. The van der Waals surface area contributed by atoms with E-state index in [0.29, 0.717) is 5.56 Å². The molecule has 128 valence electrons. The van der Waals surface area contributed by atoms with Gasteiger partial charge < -0.3 is 15.3 Å². The molecule has 0 radical (unpaired) electrons. The first-order valence-electron chi connectivity index (χ1n) is 7.18. The summed E-state index contributed by atoms with van der Waals surface area (Å²) in [6.45, 7) is 1.24. The number of hydrogen-bond donors (Lipinski definition) is 3. The lowest BCUT2D eigenvalue weighted by atomic mass is 9.93. The van der Waals surface area contributed by atoms with E-state index in [-0.39, 0.29) is 34.2 Å². The second-order valence-corrected chi connectivity index (χ2v) is 5.37. The van der Waals surface area contributed by atoms with Crippen molar-refractivity contribution in [2.24, 2.45) is 0 Å². The number of Topliss-reactive ketones (excluding diaryl/α,β-unsaturated/α-hetero) is 1. The predicted molar refractivity (Wildman–Crippen MR) is 86.6 cm³/mol. The summed E-state index contributed by atoms with van der Waals surface area (Å²) < 4.78 is 0. The molecule has 0 unspecified atom stereocenters. The van der Waals surface area contributed by atoms with Crippen molar-refractivity contribution >= 4 is 23.7 Å². The Labute approximate surface area is 142 Å². The summed E-state index contributed by atoms with van der Waals surface area (Å²) in [7, 11) is 0. The zero-order valence-electron chi connectivity index (χ0n) is 13.1. The van der Waals surface area contributed by atoms with Gasteiger partial charge in [-0.3, -0.25) is 4.79 Å². The molecule has 0 aromatic heterocycles. The Morgan fingerprint density at radius 2 is 1.44 bits per heavy atom. The third-order valence-corrected chi connectivity index (χ3v) is 3.68. The number of carboxylic acid groups (broad SMARTS) is 3. The van der Waals surface area contributed by atoms with E-state index in [4.69, 9.17) is 10.2 Å². The molecule has 0 saturated heterocycles. The number of benzene rings is 2. The van der Waals surface area contributed by atoms with Crippen LogP contribution in [0.15, 0.2) is 36.4 Å². The van der Waals surface area contributed by atoms with Crippen molar-refractivity contribution in [1.82, 2.24) is 0 Å². The molecule has 0 fully saturated rings. The maximum Gasteiger partial charge on any atom is 0.336 e. The maximum atomic E-state index is 11.7. The quantitative estimate of drug-likeness (QED) is 0.688. The number of ketones is 1. The highest BCUT2D eigenvalue weighted by atomic mass is 16.4. The van der Waals surface area contributed by atoms with Crippen LogP contribution >= 0.6 is 0 Å². The minimum atomic E-state index is -1.37. The van der Waals surface area contributed by atoms with Crippen molar-refractivity contribution in [2.45, 2.75) is 13.3 Å². The van der Waals surface area contributed by atoms with Gasteiger partial charge in [-0.05, 0) is 42.7 Å². The van der Waals surface area contributed by atoms with Crippen molar-refractivity contribution in [2.75, 3.05) is 0 Å². The van der Waals surface area contributed by atoms with Crippen LogP contribution in [0.25, 0.3) is 0 Å². The van der Waals surface area contributed by atoms with E-state index in [1.807, 2.05) is 0 Å². The topological polar surface area (TPSA) is 129 Å². The Morgan fingerprint density at radius 3 is 1.96 bits per heavy atom. The summed E-state index contributed by atoms with van der Waals surface area (Å²) in [6, 6.07) is 8.23. The lowest BCUT2D eigenvalue weighted by molar-refractivity contribution is 0.0650. The van der Waals surface area contributed by atoms with Crippen LogP contribution in [-0.4, -0.2) is 39.0 Å². The minimum absolute atomic E-state index is 0.0104. The average Bonchev–Trinajstić information content (AvgIpc) is 2.53. The summed E-state index contributed by atoms with van der Waals surface area (Å²) in [4.78, 5) is 45.5. The Balaban J connectivity index is 2.54. The largest absolute Gasteiger partial charge is 0.478 e. The van der Waals surface area contributed by atoms with E-state index in [9.17, 15) is 24.3 Å². The van der Waals surface area contributed by atoms with Crippen LogP contribution in [0.5, 0.6) is 0 Å². The van der Waals surface area contributed by atoms with Crippen LogP contribution in [0.3, 0.4) is 0 Å². The van der Waals surface area contributed by atoms with Crippen LogP contribution in [-0.2, 0) is 6.42 Å². The normalized spacial score (nSPS) is 10.3. The number of aromatic carboxylic acids is 3. The fraction of sp³-hybridized carbons (Fsp3) is 0.111. The molecular formula is C18H14O7. The van der Waals surface area contributed by atoms with Gasteiger partial charge in [-0.25, -0.2) is 14.4 Å². The van der Waals surface area contributed by atoms with Crippen LogP contribution < -0.4 is 0 Å². The second kappa shape index (κ2) is 6.96. The molecule has 0 aliphatic rings. The van der Waals surface area contributed by atoms with E-state index in [2.05, 4.69) is 0 Å². The average molecular weight is 342 g/mol. The van der Waals surface area contributed by atoms with Gasteiger partial charge >= 0.3 is 17.9 Å². The van der Waals surface area contributed by atoms with Gasteiger partial charge in [0.2, 0.25) is 0 Å². The predicted octanol–water partition coefficient (Wildman–Crippen LogP) is 2.57. The van der Waals surface area contributed by atoms with E-state index < -0.39 is 23.7 Å². The van der Waals surface area contributed by atoms with E-state index >= 15 is 0 Å². The zero-order valence-corrected chi connectivity index (χ0v) is 13.1. The zero-order chi connectivity index (χ0) is 18.7. The van der Waals surface area contributed by atoms with Crippen molar-refractivity contribution in [1.29, 1.82) is 0 Å². The van der Waals surface area contributed by atoms with Gasteiger partial charge in [0.15, 0.2) is 5.78 Å². The molecule has 0 aliphatic heterocycles. The third kappa shape index (κ3) is 3.72. The molecule has 0 saturated carbocycles. The first kappa shape index (κ1) is 17.9. The van der Waals surface area contributed by atoms with Gasteiger partial charge in [0.25, 0.3) is 0 Å². The maximum absolute atomic E-state index is 11.7. The second-order valence-electron chi connectivity index (χ2n) is 5.37. The van der Waals surface area contributed by atoms with Crippen molar-refractivity contribution in [3.63, 3.8) is 0 Å². The molecule has 0 bridgehead atoms. The molecule has 25 heavy (non-hydrogen) atoms. The number of carbonyl (C=O) groups excluding carboxylic acids is 1. The standard InChI is InChI=1S/C18H14O7/c1-9(19)14-8-10(5-6-12(14)16(20)21)7-11-3-2-4-13(17(22)23)15(11)18(24)25/h2-6,8H,7H2,1H3,(H,20,21)(H,22,23)(H,24,25). The van der Waals surface area contributed by atoms with Crippen LogP contribution in [0, 0.1) is 0 Å². The summed E-state index contributed by atoms with van der Waals surface area (Å²) in [5, 5.41) is 27.6. The molecule has 0 aliphatic carbocycles. The monoisotopic (exact) mass is 342 g/mol. The third-order valence-electron chi connectivity index (χ3n) is 3.68. The fourth-order valence-electron chi connectivity index (χ4n) is 2.58. The van der Waals surface area contributed by atoms with E-state index in [1.54, 1.807) is 0 Å². The molecule has 3 N–H and O–H groups in total. The van der Waals surface area contributed by atoms with Crippen LogP contribution in [0.4, 0.5) is 0 Å². The first-order chi connectivity index (χ1) is 11.7. The Morgan fingerprint density at radius 1 is 0.800 bits per heavy atom. The van der Waals surface area contributed by atoms with Crippen molar-refractivity contribution in [3.05, 3.63) is 69.8 Å². The molecule has 2 rings (SSSR count).